The Morgan fingerprint density at radius 3 is 2.85 bits per heavy atom. The molecule has 0 spiro atoms. The second-order valence-corrected chi connectivity index (χ2v) is 4.93. The molecule has 0 bridgehead atoms. The van der Waals surface area contributed by atoms with Gasteiger partial charge in [0.15, 0.2) is 5.82 Å². The Hall–Kier alpha value is -2.14. The van der Waals surface area contributed by atoms with Crippen LogP contribution in [0, 0.1) is 6.92 Å². The fourth-order valence-electron chi connectivity index (χ4n) is 2.54. The van der Waals surface area contributed by atoms with Crippen molar-refractivity contribution < 1.29 is 9.84 Å². The van der Waals surface area contributed by atoms with Crippen molar-refractivity contribution >= 4 is 5.82 Å². The van der Waals surface area contributed by atoms with Crippen LogP contribution in [0.1, 0.15) is 16.7 Å². The molecule has 0 fully saturated rings. The van der Waals surface area contributed by atoms with E-state index in [0.717, 1.165) is 40.2 Å². The molecule has 5 heteroatoms. The summed E-state index contributed by atoms with van der Waals surface area (Å²) in [6.07, 6.45) is 0.780. The molecule has 1 aromatic carbocycles. The zero-order valence-electron chi connectivity index (χ0n) is 11.6. The Morgan fingerprint density at radius 2 is 2.10 bits per heavy atom. The lowest BCUT2D eigenvalue weighted by molar-refractivity contribution is 0.111. The summed E-state index contributed by atoms with van der Waals surface area (Å²) in [6, 6.07) is 5.60. The van der Waals surface area contributed by atoms with Crippen molar-refractivity contribution in [2.24, 2.45) is 0 Å². The highest BCUT2D eigenvalue weighted by atomic mass is 16.5. The molecule has 2 aromatic rings. The summed E-state index contributed by atoms with van der Waals surface area (Å²) in [4.78, 5) is 0. The number of hydrogen-bond acceptors (Lipinski definition) is 5. The smallest absolute Gasteiger partial charge is 0.154 e. The number of anilines is 1. The Bertz CT molecular complexity index is 656. The van der Waals surface area contributed by atoms with Crippen LogP contribution in [-0.2, 0) is 17.8 Å². The second-order valence-electron chi connectivity index (χ2n) is 4.93. The third-order valence-corrected chi connectivity index (χ3v) is 3.57. The number of aromatic nitrogens is 2. The molecule has 1 aliphatic heterocycles. The Labute approximate surface area is 117 Å². The highest BCUT2D eigenvalue weighted by Gasteiger charge is 2.21. The minimum Gasteiger partial charge on any atom is -0.507 e. The maximum atomic E-state index is 10.2. The van der Waals surface area contributed by atoms with E-state index in [1.165, 1.54) is 0 Å². The first-order valence-electron chi connectivity index (χ1n) is 6.64. The van der Waals surface area contributed by atoms with E-state index in [1.54, 1.807) is 6.07 Å². The number of phenols is 1. The van der Waals surface area contributed by atoms with Crippen LogP contribution in [-0.4, -0.2) is 29.0 Å². The number of hydrogen-bond donors (Lipinski definition) is 2. The van der Waals surface area contributed by atoms with Crippen LogP contribution in [0.2, 0.25) is 0 Å². The SMILES string of the molecule is CNc1nnc(-c2ccc(C)cc2O)c2c1COCC2. The van der Waals surface area contributed by atoms with Crippen LogP contribution in [0.5, 0.6) is 5.75 Å². The van der Waals surface area contributed by atoms with Gasteiger partial charge in [-0.15, -0.1) is 10.2 Å². The van der Waals surface area contributed by atoms with E-state index in [-0.39, 0.29) is 5.75 Å². The van der Waals surface area contributed by atoms with Crippen molar-refractivity contribution in [3.05, 3.63) is 34.9 Å². The van der Waals surface area contributed by atoms with E-state index < -0.39 is 0 Å². The summed E-state index contributed by atoms with van der Waals surface area (Å²) in [5.41, 5.74) is 4.63. The predicted octanol–water partition coefficient (Wildman–Crippen LogP) is 2.27. The lowest BCUT2D eigenvalue weighted by Gasteiger charge is -2.21. The number of rotatable bonds is 2. The molecule has 0 atom stereocenters. The van der Waals surface area contributed by atoms with E-state index in [9.17, 15) is 5.11 Å². The summed E-state index contributed by atoms with van der Waals surface area (Å²) in [5, 5.41) is 21.7. The maximum absolute atomic E-state index is 10.2. The topological polar surface area (TPSA) is 67.3 Å². The first kappa shape index (κ1) is 12.9. The molecule has 2 heterocycles. The lowest BCUT2D eigenvalue weighted by Crippen LogP contribution is -2.16. The highest BCUT2D eigenvalue weighted by Crippen LogP contribution is 2.35. The number of benzene rings is 1. The Kier molecular flexibility index (Phi) is 3.28. The third-order valence-electron chi connectivity index (χ3n) is 3.57. The Balaban J connectivity index is 2.19. The number of ether oxygens (including phenoxy) is 1. The molecule has 1 aliphatic rings. The van der Waals surface area contributed by atoms with E-state index >= 15 is 0 Å². The monoisotopic (exact) mass is 271 g/mol. The summed E-state index contributed by atoms with van der Waals surface area (Å²) in [5.74, 6) is 0.986. The van der Waals surface area contributed by atoms with Gasteiger partial charge in [-0.25, -0.2) is 0 Å². The van der Waals surface area contributed by atoms with Crippen LogP contribution in [0.15, 0.2) is 18.2 Å². The number of nitrogens with one attached hydrogen (secondary N) is 1. The van der Waals surface area contributed by atoms with Gasteiger partial charge in [0.25, 0.3) is 0 Å². The summed E-state index contributed by atoms with van der Waals surface area (Å²) >= 11 is 0. The van der Waals surface area contributed by atoms with E-state index in [4.69, 9.17) is 4.74 Å². The lowest BCUT2D eigenvalue weighted by atomic mass is 9.97. The zero-order valence-corrected chi connectivity index (χ0v) is 11.6. The van der Waals surface area contributed by atoms with Crippen molar-refractivity contribution in [2.75, 3.05) is 19.0 Å². The maximum Gasteiger partial charge on any atom is 0.154 e. The highest BCUT2D eigenvalue weighted by molar-refractivity contribution is 5.72. The molecule has 20 heavy (non-hydrogen) atoms. The molecule has 0 aliphatic carbocycles. The summed E-state index contributed by atoms with van der Waals surface area (Å²) < 4.78 is 5.51. The van der Waals surface area contributed by atoms with Gasteiger partial charge < -0.3 is 15.2 Å². The van der Waals surface area contributed by atoms with Crippen LogP contribution in [0.4, 0.5) is 5.82 Å². The van der Waals surface area contributed by atoms with Gasteiger partial charge in [0, 0.05) is 18.2 Å². The molecule has 0 radical (unpaired) electrons. The van der Waals surface area contributed by atoms with Gasteiger partial charge in [0.2, 0.25) is 0 Å². The zero-order chi connectivity index (χ0) is 14.1. The van der Waals surface area contributed by atoms with Crippen LogP contribution in [0.3, 0.4) is 0 Å². The van der Waals surface area contributed by atoms with Gasteiger partial charge in [-0.05, 0) is 36.6 Å². The largest absolute Gasteiger partial charge is 0.507 e. The standard InChI is InChI=1S/C15H17N3O2/c1-9-3-4-11(13(19)7-9)14-10-5-6-20-8-12(10)15(16-2)18-17-14/h3-4,7,19H,5-6,8H2,1-2H3,(H,16,18). The molecule has 1 aromatic heterocycles. The van der Waals surface area contributed by atoms with Gasteiger partial charge in [0.05, 0.1) is 13.2 Å². The molecule has 2 N–H and O–H groups in total. The van der Waals surface area contributed by atoms with Crippen LogP contribution < -0.4 is 5.32 Å². The number of nitrogens with zero attached hydrogens (tertiary/aromatic N) is 2. The third kappa shape index (κ3) is 2.10. The van der Waals surface area contributed by atoms with Gasteiger partial charge in [-0.3, -0.25) is 0 Å². The van der Waals surface area contributed by atoms with Crippen molar-refractivity contribution in [2.45, 2.75) is 20.0 Å². The minimum absolute atomic E-state index is 0.241. The number of aryl methyl sites for hydroxylation is 1. The van der Waals surface area contributed by atoms with Gasteiger partial charge in [-0.2, -0.15) is 0 Å². The van der Waals surface area contributed by atoms with E-state index in [1.807, 2.05) is 26.1 Å². The number of aromatic hydroxyl groups is 1. The van der Waals surface area contributed by atoms with Gasteiger partial charge >= 0.3 is 0 Å². The predicted molar refractivity (Wildman–Crippen MR) is 76.8 cm³/mol. The molecular weight excluding hydrogens is 254 g/mol. The van der Waals surface area contributed by atoms with Crippen LogP contribution in [0.25, 0.3) is 11.3 Å². The van der Waals surface area contributed by atoms with Gasteiger partial charge in [0.1, 0.15) is 11.4 Å². The molecule has 0 saturated heterocycles. The fraction of sp³-hybridized carbons (Fsp3) is 0.333. The fourth-order valence-corrected chi connectivity index (χ4v) is 2.54. The van der Waals surface area contributed by atoms with E-state index in [0.29, 0.717) is 13.2 Å². The normalized spacial score (nSPS) is 13.9. The average molecular weight is 271 g/mol. The number of phenolic OH excluding ortho intramolecular Hbond substituents is 1. The Morgan fingerprint density at radius 1 is 1.25 bits per heavy atom. The quantitative estimate of drug-likeness (QED) is 0.877. The molecule has 104 valence electrons. The van der Waals surface area contributed by atoms with Crippen molar-refractivity contribution in [3.8, 4) is 17.0 Å². The van der Waals surface area contributed by atoms with Crippen molar-refractivity contribution in [1.29, 1.82) is 0 Å². The van der Waals surface area contributed by atoms with Crippen LogP contribution >= 0.6 is 0 Å². The number of fused-ring (bicyclic) bond motifs is 1. The van der Waals surface area contributed by atoms with Crippen molar-refractivity contribution in [3.63, 3.8) is 0 Å². The average Bonchev–Trinajstić information content (AvgIpc) is 2.47. The molecule has 5 nitrogen and oxygen atoms in total. The molecule has 3 rings (SSSR count). The van der Waals surface area contributed by atoms with Crippen molar-refractivity contribution in [1.82, 2.24) is 10.2 Å². The molecular formula is C15H17N3O2. The molecule has 0 amide bonds. The molecule has 0 saturated carbocycles. The second kappa shape index (κ2) is 5.09. The summed E-state index contributed by atoms with van der Waals surface area (Å²) in [6.45, 7) is 3.14. The first-order chi connectivity index (χ1) is 9.70. The summed E-state index contributed by atoms with van der Waals surface area (Å²) in [7, 11) is 1.82. The van der Waals surface area contributed by atoms with Gasteiger partial charge in [-0.1, -0.05) is 6.07 Å². The first-order valence-corrected chi connectivity index (χ1v) is 6.64. The van der Waals surface area contributed by atoms with E-state index in [2.05, 4.69) is 15.5 Å². The molecule has 0 unspecified atom stereocenters. The minimum atomic E-state index is 0.241.